The number of nitrogens with zero attached hydrogens (tertiary/aromatic N) is 1. The van der Waals surface area contributed by atoms with Gasteiger partial charge < -0.3 is 5.32 Å². The molecule has 134 valence electrons. The SMILES string of the molecule is C/C(CC(=O)NC12CC3CC(CC(C3)C1)C2)=N\NC(=O)c1cccs1. The lowest BCUT2D eigenvalue weighted by atomic mass is 9.53. The first-order valence-electron chi connectivity index (χ1n) is 9.19. The first kappa shape index (κ1) is 16.8. The van der Waals surface area contributed by atoms with Crippen LogP contribution < -0.4 is 10.7 Å². The zero-order chi connectivity index (χ0) is 17.4. The molecule has 0 spiro atoms. The van der Waals surface area contributed by atoms with Gasteiger partial charge >= 0.3 is 0 Å². The van der Waals surface area contributed by atoms with E-state index in [1.54, 1.807) is 13.0 Å². The van der Waals surface area contributed by atoms with Crippen LogP contribution in [0.15, 0.2) is 22.6 Å². The molecule has 2 amide bonds. The van der Waals surface area contributed by atoms with Crippen molar-refractivity contribution in [2.75, 3.05) is 0 Å². The van der Waals surface area contributed by atoms with E-state index in [0.29, 0.717) is 10.6 Å². The molecule has 5 nitrogen and oxygen atoms in total. The van der Waals surface area contributed by atoms with Crippen LogP contribution in [0.2, 0.25) is 0 Å². The zero-order valence-corrected chi connectivity index (χ0v) is 15.4. The molecule has 4 aliphatic carbocycles. The second kappa shape index (κ2) is 6.56. The number of rotatable bonds is 5. The average Bonchev–Trinajstić information content (AvgIpc) is 3.05. The number of hydrogen-bond acceptors (Lipinski definition) is 4. The van der Waals surface area contributed by atoms with Gasteiger partial charge in [0.1, 0.15) is 0 Å². The Labute approximate surface area is 152 Å². The normalized spacial score (nSPS) is 33.3. The van der Waals surface area contributed by atoms with Crippen molar-refractivity contribution < 1.29 is 9.59 Å². The van der Waals surface area contributed by atoms with Crippen LogP contribution in [0.5, 0.6) is 0 Å². The van der Waals surface area contributed by atoms with E-state index in [2.05, 4.69) is 15.8 Å². The van der Waals surface area contributed by atoms with Crippen molar-refractivity contribution in [1.82, 2.24) is 10.7 Å². The van der Waals surface area contributed by atoms with E-state index in [4.69, 9.17) is 0 Å². The first-order chi connectivity index (χ1) is 12.0. The molecule has 0 radical (unpaired) electrons. The maximum absolute atomic E-state index is 12.5. The monoisotopic (exact) mass is 359 g/mol. The minimum atomic E-state index is -0.226. The second-order valence-electron chi connectivity index (χ2n) is 8.19. The maximum atomic E-state index is 12.5. The quantitative estimate of drug-likeness (QED) is 0.625. The Morgan fingerprint density at radius 1 is 1.20 bits per heavy atom. The van der Waals surface area contributed by atoms with Crippen LogP contribution in [0.3, 0.4) is 0 Å². The summed E-state index contributed by atoms with van der Waals surface area (Å²) in [5, 5.41) is 9.27. The number of hydrogen-bond donors (Lipinski definition) is 2. The summed E-state index contributed by atoms with van der Waals surface area (Å²) >= 11 is 1.37. The summed E-state index contributed by atoms with van der Waals surface area (Å²) < 4.78 is 0. The molecule has 4 fully saturated rings. The lowest BCUT2D eigenvalue weighted by Gasteiger charge is -2.56. The third-order valence-corrected chi connectivity index (χ3v) is 6.82. The number of carbonyl (C=O) groups is 2. The topological polar surface area (TPSA) is 70.6 Å². The van der Waals surface area contributed by atoms with Crippen LogP contribution in [0.25, 0.3) is 0 Å². The predicted molar refractivity (Wildman–Crippen MR) is 98.6 cm³/mol. The number of hydrazone groups is 1. The van der Waals surface area contributed by atoms with Crippen LogP contribution in [-0.4, -0.2) is 23.1 Å². The van der Waals surface area contributed by atoms with Gasteiger partial charge in [-0.05, 0) is 74.6 Å². The number of amides is 2. The molecule has 5 rings (SSSR count). The van der Waals surface area contributed by atoms with Gasteiger partial charge in [0.2, 0.25) is 5.91 Å². The van der Waals surface area contributed by atoms with Crippen molar-refractivity contribution >= 4 is 28.9 Å². The van der Waals surface area contributed by atoms with Crippen molar-refractivity contribution in [2.45, 2.75) is 57.4 Å². The predicted octanol–water partition coefficient (Wildman–Crippen LogP) is 3.33. The van der Waals surface area contributed by atoms with E-state index in [1.165, 1.54) is 30.6 Å². The Morgan fingerprint density at radius 2 is 1.84 bits per heavy atom. The van der Waals surface area contributed by atoms with Crippen LogP contribution in [0.1, 0.15) is 61.5 Å². The third-order valence-electron chi connectivity index (χ3n) is 5.95. The molecular formula is C19H25N3O2S. The Bertz CT molecular complexity index is 660. The molecule has 0 aliphatic heterocycles. The van der Waals surface area contributed by atoms with E-state index in [1.807, 2.05) is 11.4 Å². The van der Waals surface area contributed by atoms with Crippen molar-refractivity contribution in [3.8, 4) is 0 Å². The number of carbonyl (C=O) groups excluding carboxylic acids is 2. The fraction of sp³-hybridized carbons (Fsp3) is 0.632. The van der Waals surface area contributed by atoms with Gasteiger partial charge in [0, 0.05) is 11.3 Å². The molecule has 0 aromatic carbocycles. The molecule has 4 aliphatic rings. The molecular weight excluding hydrogens is 334 g/mol. The third kappa shape index (κ3) is 3.64. The molecule has 0 saturated heterocycles. The van der Waals surface area contributed by atoms with Crippen LogP contribution >= 0.6 is 11.3 Å². The van der Waals surface area contributed by atoms with Crippen molar-refractivity contribution in [3.05, 3.63) is 22.4 Å². The molecule has 6 heteroatoms. The average molecular weight is 359 g/mol. The van der Waals surface area contributed by atoms with Gasteiger partial charge in [-0.25, -0.2) is 5.43 Å². The van der Waals surface area contributed by atoms with Gasteiger partial charge in [-0.1, -0.05) is 6.07 Å². The fourth-order valence-electron chi connectivity index (χ4n) is 5.48. The molecule has 4 saturated carbocycles. The zero-order valence-electron chi connectivity index (χ0n) is 14.6. The summed E-state index contributed by atoms with van der Waals surface area (Å²) in [7, 11) is 0. The van der Waals surface area contributed by atoms with E-state index >= 15 is 0 Å². The van der Waals surface area contributed by atoms with Gasteiger partial charge in [0.05, 0.1) is 11.3 Å². The molecule has 1 aromatic rings. The van der Waals surface area contributed by atoms with Gasteiger partial charge in [0.15, 0.2) is 0 Å². The highest BCUT2D eigenvalue weighted by Gasteiger charge is 2.51. The lowest BCUT2D eigenvalue weighted by Crippen LogP contribution is -2.60. The number of thiophene rings is 1. The summed E-state index contributed by atoms with van der Waals surface area (Å²) in [6.07, 6.45) is 7.79. The van der Waals surface area contributed by atoms with Crippen molar-refractivity contribution in [2.24, 2.45) is 22.9 Å². The molecule has 4 bridgehead atoms. The molecule has 0 atom stereocenters. The fourth-order valence-corrected chi connectivity index (χ4v) is 6.10. The minimum absolute atomic E-state index is 0.0341. The summed E-state index contributed by atoms with van der Waals surface area (Å²) in [6.45, 7) is 1.79. The Morgan fingerprint density at radius 3 is 2.40 bits per heavy atom. The minimum Gasteiger partial charge on any atom is -0.350 e. The smallest absolute Gasteiger partial charge is 0.281 e. The molecule has 1 heterocycles. The lowest BCUT2D eigenvalue weighted by molar-refractivity contribution is -0.125. The molecule has 2 N–H and O–H groups in total. The standard InChI is InChI=1S/C19H25N3O2S/c1-12(21-22-18(24)16-3-2-4-25-16)5-17(23)20-19-9-13-6-14(10-19)8-15(7-13)11-19/h2-4,13-15H,5-11H2,1H3,(H,20,23)(H,22,24)/b21-12+. The van der Waals surface area contributed by atoms with Gasteiger partial charge in [0.25, 0.3) is 5.91 Å². The van der Waals surface area contributed by atoms with E-state index in [9.17, 15) is 9.59 Å². The van der Waals surface area contributed by atoms with Crippen LogP contribution in [-0.2, 0) is 4.79 Å². The highest BCUT2D eigenvalue weighted by molar-refractivity contribution is 7.12. The summed E-state index contributed by atoms with van der Waals surface area (Å²) in [5.41, 5.74) is 3.19. The van der Waals surface area contributed by atoms with Crippen LogP contribution in [0, 0.1) is 17.8 Å². The first-order valence-corrected chi connectivity index (χ1v) is 10.1. The molecule has 25 heavy (non-hydrogen) atoms. The highest BCUT2D eigenvalue weighted by Crippen LogP contribution is 2.55. The second-order valence-corrected chi connectivity index (χ2v) is 9.14. The maximum Gasteiger partial charge on any atom is 0.281 e. The largest absolute Gasteiger partial charge is 0.350 e. The Kier molecular flexibility index (Phi) is 4.40. The molecule has 0 unspecified atom stereocenters. The van der Waals surface area contributed by atoms with E-state index in [-0.39, 0.29) is 23.8 Å². The summed E-state index contributed by atoms with van der Waals surface area (Å²) in [4.78, 5) is 25.0. The van der Waals surface area contributed by atoms with Crippen molar-refractivity contribution in [1.29, 1.82) is 0 Å². The molecule has 1 aromatic heterocycles. The van der Waals surface area contributed by atoms with Crippen LogP contribution in [0.4, 0.5) is 0 Å². The Balaban J connectivity index is 1.31. The van der Waals surface area contributed by atoms with Gasteiger partial charge in [-0.15, -0.1) is 11.3 Å². The van der Waals surface area contributed by atoms with Gasteiger partial charge in [-0.3, -0.25) is 9.59 Å². The Hall–Kier alpha value is -1.69. The summed E-state index contributed by atoms with van der Waals surface area (Å²) in [6, 6.07) is 3.58. The van der Waals surface area contributed by atoms with E-state index < -0.39 is 0 Å². The van der Waals surface area contributed by atoms with Gasteiger partial charge in [-0.2, -0.15) is 5.10 Å². The van der Waals surface area contributed by atoms with Crippen molar-refractivity contribution in [3.63, 3.8) is 0 Å². The highest BCUT2D eigenvalue weighted by atomic mass is 32.1. The number of nitrogens with one attached hydrogen (secondary N) is 2. The summed E-state index contributed by atoms with van der Waals surface area (Å²) in [5.74, 6) is 2.24. The van der Waals surface area contributed by atoms with E-state index in [0.717, 1.165) is 37.0 Å².